The second kappa shape index (κ2) is 16.2. The van der Waals surface area contributed by atoms with E-state index in [1.54, 1.807) is 0 Å². The highest BCUT2D eigenvalue weighted by molar-refractivity contribution is 6.11. The molecule has 3 aromatic heterocycles. The van der Waals surface area contributed by atoms with Crippen molar-refractivity contribution in [3.8, 4) is 91.2 Å². The van der Waals surface area contributed by atoms with E-state index in [-0.39, 0.29) is 0 Å². The molecule has 0 spiro atoms. The molecule has 0 fully saturated rings. The van der Waals surface area contributed by atoms with E-state index >= 15 is 0 Å². The lowest BCUT2D eigenvalue weighted by Gasteiger charge is -2.12. The first-order valence-electron chi connectivity index (χ1n) is 21.0. The van der Waals surface area contributed by atoms with Crippen molar-refractivity contribution in [1.82, 2.24) is 34.5 Å². The fraction of sp³-hybridized carbons (Fsp3) is 0.0179. The Labute approximate surface area is 369 Å². The fourth-order valence-electron chi connectivity index (χ4n) is 8.28. The Morgan fingerprint density at radius 1 is 0.344 bits per heavy atom. The highest BCUT2D eigenvalue weighted by Gasteiger charge is 2.19. The molecule has 0 N–H and O–H groups in total. The Balaban J connectivity index is 1.10. The average molecular weight is 821 g/mol. The molecule has 0 aliphatic heterocycles. The van der Waals surface area contributed by atoms with E-state index in [4.69, 9.17) is 29.9 Å². The van der Waals surface area contributed by atoms with Gasteiger partial charge in [-0.1, -0.05) is 146 Å². The third-order valence-electron chi connectivity index (χ3n) is 11.4. The standard InChI is InChI=1S/C56H36N8/c1-36-16-14-15-25-48(36)64-49-28-26-42(44-30-37(35-57)31-45(32-44)56-62-53(40-21-10-4-11-22-40)59-54(63-56)41-23-12-5-13-24-41)33-46(49)47-34-43(27-29-50(47)64)55-60-51(38-17-6-2-7-18-38)58-52(61-55)39-19-8-3-9-20-39/h2-34H,1H3. The van der Waals surface area contributed by atoms with E-state index in [9.17, 15) is 5.26 Å². The highest BCUT2D eigenvalue weighted by atomic mass is 15.0. The van der Waals surface area contributed by atoms with Crippen LogP contribution in [0.4, 0.5) is 0 Å². The molecule has 300 valence electrons. The molecule has 0 aliphatic rings. The number of benzene rings is 8. The van der Waals surface area contributed by atoms with E-state index in [1.165, 1.54) is 0 Å². The summed E-state index contributed by atoms with van der Waals surface area (Å²) in [5, 5.41) is 12.5. The molecular weight excluding hydrogens is 785 g/mol. The third kappa shape index (κ3) is 7.13. The minimum atomic E-state index is 0.482. The number of nitriles is 1. The zero-order valence-electron chi connectivity index (χ0n) is 34.6. The fourth-order valence-corrected chi connectivity index (χ4v) is 8.28. The summed E-state index contributed by atoms with van der Waals surface area (Å²) in [7, 11) is 0. The Bertz CT molecular complexity index is 3450. The molecule has 11 rings (SSSR count). The van der Waals surface area contributed by atoms with Crippen molar-refractivity contribution in [2.45, 2.75) is 6.92 Å². The normalized spacial score (nSPS) is 11.2. The van der Waals surface area contributed by atoms with Gasteiger partial charge in [0.05, 0.1) is 22.7 Å². The molecule has 11 aromatic rings. The van der Waals surface area contributed by atoms with Gasteiger partial charge in [0, 0.05) is 49.8 Å². The first-order valence-corrected chi connectivity index (χ1v) is 21.0. The van der Waals surface area contributed by atoms with E-state index < -0.39 is 0 Å². The van der Waals surface area contributed by atoms with Crippen molar-refractivity contribution in [1.29, 1.82) is 5.26 Å². The van der Waals surface area contributed by atoms with Crippen LogP contribution in [0.5, 0.6) is 0 Å². The molecule has 0 radical (unpaired) electrons. The van der Waals surface area contributed by atoms with E-state index in [1.807, 2.05) is 133 Å². The summed E-state index contributed by atoms with van der Waals surface area (Å²) < 4.78 is 2.32. The van der Waals surface area contributed by atoms with Gasteiger partial charge in [-0.3, -0.25) is 0 Å². The Hall–Kier alpha value is -8.93. The summed E-state index contributed by atoms with van der Waals surface area (Å²) in [6, 6.07) is 69.5. The van der Waals surface area contributed by atoms with Crippen LogP contribution in [0.25, 0.3) is 107 Å². The molecular formula is C56H36N8. The summed E-state index contributed by atoms with van der Waals surface area (Å²) in [5.41, 5.74) is 11.8. The van der Waals surface area contributed by atoms with Crippen LogP contribution in [0.3, 0.4) is 0 Å². The number of para-hydroxylation sites is 1. The van der Waals surface area contributed by atoms with Gasteiger partial charge >= 0.3 is 0 Å². The molecule has 0 amide bonds. The van der Waals surface area contributed by atoms with Crippen LogP contribution in [-0.4, -0.2) is 34.5 Å². The molecule has 0 saturated heterocycles. The number of aryl methyl sites for hydroxylation is 1. The first kappa shape index (κ1) is 38.0. The van der Waals surface area contributed by atoms with Crippen molar-refractivity contribution in [2.75, 3.05) is 0 Å². The Kier molecular flexibility index (Phi) is 9.60. The van der Waals surface area contributed by atoms with Gasteiger partial charge in [0.2, 0.25) is 0 Å². The summed E-state index contributed by atoms with van der Waals surface area (Å²) in [6.07, 6.45) is 0. The van der Waals surface area contributed by atoms with Gasteiger partial charge < -0.3 is 4.57 Å². The van der Waals surface area contributed by atoms with E-state index in [0.29, 0.717) is 46.1 Å². The third-order valence-corrected chi connectivity index (χ3v) is 11.4. The van der Waals surface area contributed by atoms with Gasteiger partial charge in [-0.05, 0) is 78.2 Å². The topological polar surface area (TPSA) is 106 Å². The number of aromatic nitrogens is 7. The smallest absolute Gasteiger partial charge is 0.164 e. The molecule has 0 bridgehead atoms. The van der Waals surface area contributed by atoms with Crippen molar-refractivity contribution >= 4 is 21.8 Å². The molecule has 0 aliphatic carbocycles. The Morgan fingerprint density at radius 3 is 1.17 bits per heavy atom. The van der Waals surface area contributed by atoms with Crippen LogP contribution < -0.4 is 0 Å². The minimum absolute atomic E-state index is 0.482. The summed E-state index contributed by atoms with van der Waals surface area (Å²) >= 11 is 0. The van der Waals surface area contributed by atoms with Gasteiger partial charge in [-0.15, -0.1) is 0 Å². The van der Waals surface area contributed by atoms with Crippen molar-refractivity contribution in [2.24, 2.45) is 0 Å². The maximum absolute atomic E-state index is 10.4. The van der Waals surface area contributed by atoms with Crippen LogP contribution in [0, 0.1) is 18.3 Å². The van der Waals surface area contributed by atoms with Crippen molar-refractivity contribution in [3.63, 3.8) is 0 Å². The highest BCUT2D eigenvalue weighted by Crippen LogP contribution is 2.39. The van der Waals surface area contributed by atoms with Crippen LogP contribution in [0.15, 0.2) is 200 Å². The van der Waals surface area contributed by atoms with Gasteiger partial charge in [0.1, 0.15) is 0 Å². The van der Waals surface area contributed by atoms with Crippen LogP contribution >= 0.6 is 0 Å². The van der Waals surface area contributed by atoms with Gasteiger partial charge in [-0.2, -0.15) is 5.26 Å². The predicted molar refractivity (Wildman–Crippen MR) is 255 cm³/mol. The molecule has 0 atom stereocenters. The minimum Gasteiger partial charge on any atom is -0.309 e. The average Bonchev–Trinajstić information content (AvgIpc) is 3.69. The van der Waals surface area contributed by atoms with Crippen LogP contribution in [-0.2, 0) is 0 Å². The monoisotopic (exact) mass is 820 g/mol. The molecule has 64 heavy (non-hydrogen) atoms. The van der Waals surface area contributed by atoms with Crippen LogP contribution in [0.2, 0.25) is 0 Å². The second-order valence-electron chi connectivity index (χ2n) is 15.6. The number of fused-ring (bicyclic) bond motifs is 3. The largest absolute Gasteiger partial charge is 0.309 e. The lowest BCUT2D eigenvalue weighted by atomic mass is 9.98. The second-order valence-corrected chi connectivity index (χ2v) is 15.6. The SMILES string of the molecule is Cc1ccccc1-n1c2ccc(-c3cc(C#N)cc(-c4nc(-c5ccccc5)nc(-c5ccccc5)n4)c3)cc2c2cc(-c3nc(-c4ccccc4)nc(-c4ccccc4)n3)ccc21. The number of nitrogens with zero attached hydrogens (tertiary/aromatic N) is 8. The zero-order chi connectivity index (χ0) is 43.0. The maximum atomic E-state index is 10.4. The number of hydrogen-bond donors (Lipinski definition) is 0. The molecule has 8 heteroatoms. The van der Waals surface area contributed by atoms with Gasteiger partial charge in [0.25, 0.3) is 0 Å². The van der Waals surface area contributed by atoms with Gasteiger partial charge in [0.15, 0.2) is 34.9 Å². The quantitative estimate of drug-likeness (QED) is 0.150. The molecule has 8 aromatic carbocycles. The lowest BCUT2D eigenvalue weighted by Crippen LogP contribution is -2.00. The maximum Gasteiger partial charge on any atom is 0.164 e. The predicted octanol–water partition coefficient (Wildman–Crippen LogP) is 13.0. The molecule has 3 heterocycles. The number of rotatable bonds is 8. The van der Waals surface area contributed by atoms with Crippen molar-refractivity contribution < 1.29 is 0 Å². The lowest BCUT2D eigenvalue weighted by molar-refractivity contribution is 1.07. The molecule has 0 saturated carbocycles. The first-order chi connectivity index (χ1) is 31.6. The zero-order valence-corrected chi connectivity index (χ0v) is 34.6. The van der Waals surface area contributed by atoms with E-state index in [2.05, 4.69) is 84.3 Å². The van der Waals surface area contributed by atoms with Crippen LogP contribution in [0.1, 0.15) is 11.1 Å². The number of hydrogen-bond acceptors (Lipinski definition) is 7. The van der Waals surface area contributed by atoms with Crippen molar-refractivity contribution in [3.05, 3.63) is 211 Å². The summed E-state index contributed by atoms with van der Waals surface area (Å²) in [5.74, 6) is 3.38. The summed E-state index contributed by atoms with van der Waals surface area (Å²) in [4.78, 5) is 29.9. The van der Waals surface area contributed by atoms with E-state index in [0.717, 1.165) is 72.0 Å². The molecule has 0 unspecified atom stereocenters. The Morgan fingerprint density at radius 2 is 0.719 bits per heavy atom. The summed E-state index contributed by atoms with van der Waals surface area (Å²) in [6.45, 7) is 2.14. The molecule has 8 nitrogen and oxygen atoms in total. The van der Waals surface area contributed by atoms with Gasteiger partial charge in [-0.25, -0.2) is 29.9 Å².